The molecule has 2 atom stereocenters. The molecule has 23 heavy (non-hydrogen) atoms. The number of amides is 1. The van der Waals surface area contributed by atoms with Gasteiger partial charge in [0.2, 0.25) is 5.91 Å². The molecule has 7 heteroatoms. The smallest absolute Gasteiger partial charge is 0.305 e. The highest BCUT2D eigenvalue weighted by atomic mass is 35.5. The third kappa shape index (κ3) is 4.83. The van der Waals surface area contributed by atoms with E-state index in [-0.39, 0.29) is 24.9 Å². The largest absolute Gasteiger partial charge is 0.481 e. The quantitative estimate of drug-likeness (QED) is 0.877. The number of carbonyl (C=O) groups excluding carboxylic acids is 1. The van der Waals surface area contributed by atoms with Gasteiger partial charge in [0.15, 0.2) is 0 Å². The molecule has 1 aliphatic heterocycles. The number of morpholine rings is 1. The van der Waals surface area contributed by atoms with E-state index in [1.54, 1.807) is 17.0 Å². The molecule has 1 aromatic rings. The maximum atomic E-state index is 12.7. The topological polar surface area (TPSA) is 66.8 Å². The van der Waals surface area contributed by atoms with Crippen molar-refractivity contribution in [3.05, 3.63) is 33.8 Å². The monoisotopic (exact) mass is 359 g/mol. The summed E-state index contributed by atoms with van der Waals surface area (Å²) in [5.74, 6) is -1.32. The van der Waals surface area contributed by atoms with Crippen molar-refractivity contribution in [2.75, 3.05) is 19.8 Å². The second-order valence-corrected chi connectivity index (χ2v) is 6.54. The minimum atomic E-state index is -0.938. The molecule has 0 radical (unpaired) electrons. The summed E-state index contributed by atoms with van der Waals surface area (Å²) >= 11 is 12.0. The van der Waals surface area contributed by atoms with Crippen LogP contribution in [0.1, 0.15) is 18.9 Å². The second kappa shape index (κ2) is 7.99. The fourth-order valence-corrected chi connectivity index (χ4v) is 3.19. The molecule has 0 spiro atoms. The lowest BCUT2D eigenvalue weighted by Crippen LogP contribution is -2.51. The van der Waals surface area contributed by atoms with Crippen LogP contribution < -0.4 is 0 Å². The van der Waals surface area contributed by atoms with E-state index in [2.05, 4.69) is 0 Å². The first kappa shape index (κ1) is 18.0. The molecule has 0 bridgehead atoms. The number of aliphatic carboxylic acids is 1. The lowest BCUT2D eigenvalue weighted by Gasteiger charge is -2.36. The van der Waals surface area contributed by atoms with Gasteiger partial charge in [0.25, 0.3) is 0 Å². The minimum Gasteiger partial charge on any atom is -0.481 e. The van der Waals surface area contributed by atoms with Gasteiger partial charge in [0.05, 0.1) is 25.7 Å². The molecule has 1 saturated heterocycles. The average Bonchev–Trinajstić information content (AvgIpc) is 2.49. The zero-order valence-electron chi connectivity index (χ0n) is 12.8. The molecule has 0 aromatic heterocycles. The average molecular weight is 360 g/mol. The van der Waals surface area contributed by atoms with Gasteiger partial charge in [-0.3, -0.25) is 9.59 Å². The Morgan fingerprint density at radius 1 is 1.43 bits per heavy atom. The number of carboxylic acid groups (broad SMARTS) is 1. The molecule has 2 rings (SSSR count). The molecule has 1 aliphatic rings. The van der Waals surface area contributed by atoms with Crippen LogP contribution in [0.5, 0.6) is 0 Å². The summed E-state index contributed by atoms with van der Waals surface area (Å²) in [6.45, 7) is 2.92. The molecule has 0 aliphatic carbocycles. The van der Waals surface area contributed by atoms with Crippen LogP contribution >= 0.6 is 23.2 Å². The van der Waals surface area contributed by atoms with Crippen molar-refractivity contribution in [3.63, 3.8) is 0 Å². The van der Waals surface area contributed by atoms with Crippen LogP contribution in [0, 0.1) is 5.92 Å². The summed E-state index contributed by atoms with van der Waals surface area (Å²) in [6, 6.07) is 4.78. The molecule has 1 heterocycles. The van der Waals surface area contributed by atoms with Crippen LogP contribution in [0.2, 0.25) is 10.0 Å². The van der Waals surface area contributed by atoms with Gasteiger partial charge in [-0.15, -0.1) is 0 Å². The Kier molecular flexibility index (Phi) is 6.27. The Balaban J connectivity index is 2.06. The van der Waals surface area contributed by atoms with E-state index in [1.807, 2.05) is 13.0 Å². The zero-order chi connectivity index (χ0) is 17.0. The lowest BCUT2D eigenvalue weighted by molar-refractivity contribution is -0.148. The molecular weight excluding hydrogens is 341 g/mol. The summed E-state index contributed by atoms with van der Waals surface area (Å²) in [5.41, 5.74) is 0.847. The highest BCUT2D eigenvalue weighted by Gasteiger charge is 2.31. The maximum Gasteiger partial charge on any atom is 0.305 e. The number of benzene rings is 1. The fourth-order valence-electron chi connectivity index (χ4n) is 2.70. The van der Waals surface area contributed by atoms with E-state index in [9.17, 15) is 9.59 Å². The van der Waals surface area contributed by atoms with Crippen molar-refractivity contribution >= 4 is 35.1 Å². The van der Waals surface area contributed by atoms with Gasteiger partial charge in [0.1, 0.15) is 0 Å². The minimum absolute atomic E-state index is 0.0782. The standard InChI is InChI=1S/C16H19Cl2NO4/c1-10(6-11-2-3-12(17)7-14(11)18)16(22)19-4-5-23-9-13(19)8-15(20)21/h2-3,7,10,13H,4-6,8-9H2,1H3,(H,20,21). The van der Waals surface area contributed by atoms with Crippen LogP contribution in [0.3, 0.4) is 0 Å². The van der Waals surface area contributed by atoms with Gasteiger partial charge in [-0.25, -0.2) is 0 Å². The van der Waals surface area contributed by atoms with Gasteiger partial charge >= 0.3 is 5.97 Å². The fraction of sp³-hybridized carbons (Fsp3) is 0.500. The summed E-state index contributed by atoms with van der Waals surface area (Å²) in [4.78, 5) is 25.2. The molecule has 0 saturated carbocycles. The Morgan fingerprint density at radius 3 is 2.83 bits per heavy atom. The third-order valence-corrected chi connectivity index (χ3v) is 4.47. The number of halogens is 2. The first-order valence-corrected chi connectivity index (χ1v) is 8.18. The molecule has 126 valence electrons. The number of hydrogen-bond donors (Lipinski definition) is 1. The van der Waals surface area contributed by atoms with E-state index < -0.39 is 12.0 Å². The summed E-state index contributed by atoms with van der Waals surface area (Å²) < 4.78 is 5.30. The first-order chi connectivity index (χ1) is 10.9. The predicted molar refractivity (Wildman–Crippen MR) is 87.9 cm³/mol. The van der Waals surface area contributed by atoms with Gasteiger partial charge in [-0.05, 0) is 24.1 Å². The van der Waals surface area contributed by atoms with Gasteiger partial charge in [-0.2, -0.15) is 0 Å². The van der Waals surface area contributed by atoms with E-state index in [4.69, 9.17) is 33.0 Å². The predicted octanol–water partition coefficient (Wildman–Crippen LogP) is 2.87. The summed E-state index contributed by atoms with van der Waals surface area (Å²) in [7, 11) is 0. The lowest BCUT2D eigenvalue weighted by atomic mass is 9.98. The molecule has 1 amide bonds. The zero-order valence-corrected chi connectivity index (χ0v) is 14.3. The summed E-state index contributed by atoms with van der Waals surface area (Å²) in [6.07, 6.45) is 0.367. The molecule has 2 unspecified atom stereocenters. The van der Waals surface area contributed by atoms with Crippen molar-refractivity contribution in [1.29, 1.82) is 0 Å². The van der Waals surface area contributed by atoms with E-state index >= 15 is 0 Å². The van der Waals surface area contributed by atoms with Crippen molar-refractivity contribution in [2.24, 2.45) is 5.92 Å². The Bertz CT molecular complexity index is 593. The second-order valence-electron chi connectivity index (χ2n) is 5.70. The number of ether oxygens (including phenoxy) is 1. The normalized spacial score (nSPS) is 19.4. The molecular formula is C16H19Cl2NO4. The van der Waals surface area contributed by atoms with Crippen molar-refractivity contribution in [1.82, 2.24) is 4.90 Å². The van der Waals surface area contributed by atoms with Crippen LogP contribution in [0.25, 0.3) is 0 Å². The summed E-state index contributed by atoms with van der Waals surface area (Å²) in [5, 5.41) is 10.1. The Morgan fingerprint density at radius 2 is 2.17 bits per heavy atom. The van der Waals surface area contributed by atoms with Crippen molar-refractivity contribution in [2.45, 2.75) is 25.8 Å². The van der Waals surface area contributed by atoms with Crippen LogP contribution in [0.4, 0.5) is 0 Å². The third-order valence-electron chi connectivity index (χ3n) is 3.88. The number of carboxylic acids is 1. The molecule has 1 N–H and O–H groups in total. The first-order valence-electron chi connectivity index (χ1n) is 7.42. The SMILES string of the molecule is CC(Cc1ccc(Cl)cc1Cl)C(=O)N1CCOCC1CC(=O)O. The number of nitrogens with zero attached hydrogens (tertiary/aromatic N) is 1. The number of carbonyl (C=O) groups is 2. The Labute approximate surface area is 145 Å². The highest BCUT2D eigenvalue weighted by molar-refractivity contribution is 6.35. The van der Waals surface area contributed by atoms with Crippen LogP contribution in [-0.4, -0.2) is 47.7 Å². The molecule has 5 nitrogen and oxygen atoms in total. The van der Waals surface area contributed by atoms with Crippen molar-refractivity contribution < 1.29 is 19.4 Å². The van der Waals surface area contributed by atoms with E-state index in [0.29, 0.717) is 29.6 Å². The van der Waals surface area contributed by atoms with Crippen LogP contribution in [0.15, 0.2) is 18.2 Å². The van der Waals surface area contributed by atoms with Gasteiger partial charge in [0, 0.05) is 22.5 Å². The number of hydrogen-bond acceptors (Lipinski definition) is 3. The van der Waals surface area contributed by atoms with Gasteiger partial charge < -0.3 is 14.7 Å². The molecule has 1 aromatic carbocycles. The highest BCUT2D eigenvalue weighted by Crippen LogP contribution is 2.25. The maximum absolute atomic E-state index is 12.7. The van der Waals surface area contributed by atoms with E-state index in [0.717, 1.165) is 5.56 Å². The van der Waals surface area contributed by atoms with E-state index in [1.165, 1.54) is 0 Å². The van der Waals surface area contributed by atoms with Crippen molar-refractivity contribution in [3.8, 4) is 0 Å². The molecule has 1 fully saturated rings. The van der Waals surface area contributed by atoms with Gasteiger partial charge in [-0.1, -0.05) is 36.2 Å². The Hall–Kier alpha value is -1.30. The number of rotatable bonds is 5. The van der Waals surface area contributed by atoms with Crippen LogP contribution in [-0.2, 0) is 20.7 Å².